The van der Waals surface area contributed by atoms with Crippen LogP contribution in [0.5, 0.6) is 0 Å². The molecule has 0 aliphatic heterocycles. The molecule has 1 N–H and O–H groups in total. The lowest BCUT2D eigenvalue weighted by atomic mass is 10.1. The third-order valence-corrected chi connectivity index (χ3v) is 2.72. The summed E-state index contributed by atoms with van der Waals surface area (Å²) in [7, 11) is 4.12. The van der Waals surface area contributed by atoms with Crippen molar-refractivity contribution in [1.82, 2.24) is 14.9 Å². The van der Waals surface area contributed by atoms with Gasteiger partial charge in [-0.05, 0) is 32.6 Å². The van der Waals surface area contributed by atoms with Gasteiger partial charge in [0.2, 0.25) is 0 Å². The maximum absolute atomic E-state index is 4.32. The molecular weight excluding hydrogens is 212 g/mol. The summed E-state index contributed by atoms with van der Waals surface area (Å²) in [6.45, 7) is 3.93. The molecule has 0 fully saturated rings. The van der Waals surface area contributed by atoms with Crippen LogP contribution in [0, 0.1) is 6.92 Å². The van der Waals surface area contributed by atoms with Crippen LogP contribution in [0.3, 0.4) is 0 Å². The molecule has 2 rings (SSSR count). The number of aromatic nitrogens is 2. The van der Waals surface area contributed by atoms with Gasteiger partial charge < -0.3 is 10.2 Å². The average molecular weight is 230 g/mol. The van der Waals surface area contributed by atoms with Gasteiger partial charge in [-0.2, -0.15) is 0 Å². The summed E-state index contributed by atoms with van der Waals surface area (Å²) in [5, 5.41) is 4.44. The third-order valence-electron chi connectivity index (χ3n) is 2.72. The number of para-hydroxylation sites is 1. The molecule has 4 nitrogen and oxygen atoms in total. The molecule has 4 heteroatoms. The summed E-state index contributed by atoms with van der Waals surface area (Å²) in [5.74, 6) is 0.917. The monoisotopic (exact) mass is 230 g/mol. The van der Waals surface area contributed by atoms with Crippen LogP contribution in [-0.4, -0.2) is 42.1 Å². The molecule has 0 saturated carbocycles. The Labute approximate surface area is 102 Å². The molecule has 1 aromatic heterocycles. The Bertz CT molecular complexity index is 508. The largest absolute Gasteiger partial charge is 0.368 e. The smallest absolute Gasteiger partial charge is 0.137 e. The van der Waals surface area contributed by atoms with Gasteiger partial charge in [-0.15, -0.1) is 0 Å². The van der Waals surface area contributed by atoms with Crippen molar-refractivity contribution in [3.05, 3.63) is 30.1 Å². The van der Waals surface area contributed by atoms with Crippen molar-refractivity contribution in [3.8, 4) is 0 Å². The number of likely N-dealkylation sites (N-methyl/N-ethyl adjacent to an activating group) is 1. The fourth-order valence-corrected chi connectivity index (χ4v) is 1.77. The fourth-order valence-electron chi connectivity index (χ4n) is 1.77. The van der Waals surface area contributed by atoms with Gasteiger partial charge in [-0.25, -0.2) is 9.97 Å². The number of nitrogens with zero attached hydrogens (tertiary/aromatic N) is 3. The number of hydrogen-bond acceptors (Lipinski definition) is 4. The van der Waals surface area contributed by atoms with Gasteiger partial charge in [-0.3, -0.25) is 0 Å². The second kappa shape index (κ2) is 5.10. The molecule has 1 heterocycles. The predicted octanol–water partition coefficient (Wildman–Crippen LogP) is 1.91. The van der Waals surface area contributed by atoms with E-state index in [4.69, 9.17) is 0 Å². The van der Waals surface area contributed by atoms with Crippen LogP contribution in [0.1, 0.15) is 5.56 Å². The first-order valence-corrected chi connectivity index (χ1v) is 5.77. The maximum Gasteiger partial charge on any atom is 0.137 e. The molecule has 90 valence electrons. The van der Waals surface area contributed by atoms with Crippen LogP contribution in [0.2, 0.25) is 0 Å². The first-order valence-electron chi connectivity index (χ1n) is 5.77. The minimum Gasteiger partial charge on any atom is -0.368 e. The number of anilines is 1. The Balaban J connectivity index is 2.25. The molecule has 1 aromatic carbocycles. The van der Waals surface area contributed by atoms with E-state index in [-0.39, 0.29) is 0 Å². The van der Waals surface area contributed by atoms with Gasteiger partial charge in [0.05, 0.1) is 5.52 Å². The van der Waals surface area contributed by atoms with E-state index in [1.807, 2.05) is 6.07 Å². The zero-order valence-electron chi connectivity index (χ0n) is 10.6. The quantitative estimate of drug-likeness (QED) is 0.871. The number of aryl methyl sites for hydroxylation is 1. The van der Waals surface area contributed by atoms with Gasteiger partial charge >= 0.3 is 0 Å². The third kappa shape index (κ3) is 2.71. The van der Waals surface area contributed by atoms with E-state index in [9.17, 15) is 0 Å². The number of rotatable bonds is 4. The predicted molar refractivity (Wildman–Crippen MR) is 71.3 cm³/mol. The number of benzene rings is 1. The van der Waals surface area contributed by atoms with Gasteiger partial charge in [0.1, 0.15) is 12.1 Å². The molecule has 2 aromatic rings. The zero-order valence-corrected chi connectivity index (χ0v) is 10.6. The van der Waals surface area contributed by atoms with Crippen LogP contribution in [0.15, 0.2) is 24.5 Å². The highest BCUT2D eigenvalue weighted by molar-refractivity contribution is 5.90. The first kappa shape index (κ1) is 11.8. The SMILES string of the molecule is Cc1cccc2c(NCCN(C)C)ncnc12. The summed E-state index contributed by atoms with van der Waals surface area (Å²) < 4.78 is 0. The van der Waals surface area contributed by atoms with Crippen LogP contribution in [0.4, 0.5) is 5.82 Å². The van der Waals surface area contributed by atoms with Crippen molar-refractivity contribution < 1.29 is 0 Å². The van der Waals surface area contributed by atoms with Crippen LogP contribution in [0.25, 0.3) is 10.9 Å². The number of hydrogen-bond donors (Lipinski definition) is 1. The molecule has 0 atom stereocenters. The maximum atomic E-state index is 4.32. The molecule has 17 heavy (non-hydrogen) atoms. The van der Waals surface area contributed by atoms with Gasteiger partial charge in [0.15, 0.2) is 0 Å². The Morgan fingerprint density at radius 1 is 1.24 bits per heavy atom. The summed E-state index contributed by atoms with van der Waals surface area (Å²) in [6, 6.07) is 6.16. The van der Waals surface area contributed by atoms with Crippen molar-refractivity contribution in [1.29, 1.82) is 0 Å². The summed E-state index contributed by atoms with van der Waals surface area (Å²) in [6.07, 6.45) is 1.62. The van der Waals surface area contributed by atoms with Gasteiger partial charge in [-0.1, -0.05) is 12.1 Å². The minimum absolute atomic E-state index is 0.882. The number of nitrogens with one attached hydrogen (secondary N) is 1. The standard InChI is InChI=1S/C13H18N4/c1-10-5-4-6-11-12(10)15-9-16-13(11)14-7-8-17(2)3/h4-6,9H,7-8H2,1-3H3,(H,14,15,16). The minimum atomic E-state index is 0.882. The molecule has 0 aliphatic carbocycles. The van der Waals surface area contributed by atoms with Crippen LogP contribution in [-0.2, 0) is 0 Å². The van der Waals surface area contributed by atoms with E-state index in [1.165, 1.54) is 5.56 Å². The summed E-state index contributed by atoms with van der Waals surface area (Å²) in [5.41, 5.74) is 2.20. The lowest BCUT2D eigenvalue weighted by Gasteiger charge is -2.12. The van der Waals surface area contributed by atoms with Crippen molar-refractivity contribution >= 4 is 16.7 Å². The lowest BCUT2D eigenvalue weighted by molar-refractivity contribution is 0.425. The second-order valence-corrected chi connectivity index (χ2v) is 4.42. The van der Waals surface area contributed by atoms with E-state index >= 15 is 0 Å². The first-order chi connectivity index (χ1) is 8.18. The highest BCUT2D eigenvalue weighted by atomic mass is 15.1. The number of fused-ring (bicyclic) bond motifs is 1. The van der Waals surface area contributed by atoms with Crippen LogP contribution < -0.4 is 5.32 Å². The van der Waals surface area contributed by atoms with Crippen LogP contribution >= 0.6 is 0 Å². The average Bonchev–Trinajstić information content (AvgIpc) is 2.30. The second-order valence-electron chi connectivity index (χ2n) is 4.42. The van der Waals surface area contributed by atoms with E-state index < -0.39 is 0 Å². The molecule has 0 bridgehead atoms. The normalized spacial score (nSPS) is 11.1. The lowest BCUT2D eigenvalue weighted by Crippen LogP contribution is -2.21. The molecule has 0 radical (unpaired) electrons. The van der Waals surface area contributed by atoms with E-state index in [0.717, 1.165) is 29.8 Å². The van der Waals surface area contributed by atoms with Crippen molar-refractivity contribution in [2.24, 2.45) is 0 Å². The topological polar surface area (TPSA) is 41.0 Å². The Hall–Kier alpha value is -1.68. The summed E-state index contributed by atoms with van der Waals surface area (Å²) in [4.78, 5) is 10.8. The van der Waals surface area contributed by atoms with E-state index in [2.05, 4.69) is 53.3 Å². The van der Waals surface area contributed by atoms with Gasteiger partial charge in [0, 0.05) is 18.5 Å². The van der Waals surface area contributed by atoms with Gasteiger partial charge in [0.25, 0.3) is 0 Å². The molecule has 0 saturated heterocycles. The molecule has 0 unspecified atom stereocenters. The zero-order chi connectivity index (χ0) is 12.3. The van der Waals surface area contributed by atoms with E-state index in [1.54, 1.807) is 6.33 Å². The Kier molecular flexibility index (Phi) is 3.54. The Morgan fingerprint density at radius 3 is 2.82 bits per heavy atom. The molecule has 0 amide bonds. The molecular formula is C13H18N4. The Morgan fingerprint density at radius 2 is 2.06 bits per heavy atom. The van der Waals surface area contributed by atoms with Crippen molar-refractivity contribution in [2.75, 3.05) is 32.5 Å². The molecule has 0 aliphatic rings. The van der Waals surface area contributed by atoms with Crippen molar-refractivity contribution in [2.45, 2.75) is 6.92 Å². The summed E-state index contributed by atoms with van der Waals surface area (Å²) >= 11 is 0. The molecule has 0 spiro atoms. The van der Waals surface area contributed by atoms with E-state index in [0.29, 0.717) is 0 Å². The highest BCUT2D eigenvalue weighted by Gasteiger charge is 2.04. The van der Waals surface area contributed by atoms with Crippen molar-refractivity contribution in [3.63, 3.8) is 0 Å². The fraction of sp³-hybridized carbons (Fsp3) is 0.385. The highest BCUT2D eigenvalue weighted by Crippen LogP contribution is 2.21.